The van der Waals surface area contributed by atoms with Crippen molar-refractivity contribution in [3.8, 4) is 0 Å². The number of halogens is 1. The van der Waals surface area contributed by atoms with Crippen molar-refractivity contribution in [1.29, 1.82) is 0 Å². The topological polar surface area (TPSA) is 18.5 Å². The molecule has 0 aromatic heterocycles. The molecular formula is C17H37FO2. The molecule has 2 rings (SSSR count). The summed E-state index contributed by atoms with van der Waals surface area (Å²) in [5.41, 5.74) is 0.132. The highest BCUT2D eigenvalue weighted by atomic mass is 19.0. The molecule has 2 heterocycles. The average Bonchev–Trinajstić information content (AvgIpc) is 2.42. The van der Waals surface area contributed by atoms with Crippen LogP contribution in [0.5, 0.6) is 0 Å². The fourth-order valence-corrected chi connectivity index (χ4v) is 2.54. The maximum Gasteiger partial charge on any atom is 0.0629 e. The highest BCUT2D eigenvalue weighted by molar-refractivity contribution is 4.79. The van der Waals surface area contributed by atoms with Crippen LogP contribution in [0, 0.1) is 11.8 Å². The zero-order valence-corrected chi connectivity index (χ0v) is 14.5. The summed E-state index contributed by atoms with van der Waals surface area (Å²) in [6.07, 6.45) is 6.41. The van der Waals surface area contributed by atoms with Crippen LogP contribution in [0.1, 0.15) is 73.6 Å². The van der Waals surface area contributed by atoms with Gasteiger partial charge in [-0.3, -0.25) is 4.70 Å². The molecular weight excluding hydrogens is 255 g/mol. The molecule has 0 N–H and O–H groups in total. The second-order valence-electron chi connectivity index (χ2n) is 6.28. The molecule has 2 nitrogen and oxygen atoms in total. The third-order valence-corrected chi connectivity index (χ3v) is 3.76. The van der Waals surface area contributed by atoms with Gasteiger partial charge in [0.15, 0.2) is 0 Å². The molecule has 1 unspecified atom stereocenters. The molecule has 0 radical (unpaired) electrons. The molecule has 2 saturated heterocycles. The average molecular weight is 292 g/mol. The molecule has 0 aliphatic carbocycles. The normalized spacial score (nSPS) is 24.4. The van der Waals surface area contributed by atoms with Crippen molar-refractivity contribution in [2.45, 2.75) is 79.2 Å². The predicted molar refractivity (Wildman–Crippen MR) is 86.1 cm³/mol. The third kappa shape index (κ3) is 10.6. The summed E-state index contributed by atoms with van der Waals surface area (Å²) in [4.78, 5) is 0. The molecule has 0 spiro atoms. The van der Waals surface area contributed by atoms with Crippen molar-refractivity contribution >= 4 is 0 Å². The third-order valence-electron chi connectivity index (χ3n) is 3.76. The van der Waals surface area contributed by atoms with Crippen LogP contribution in [-0.2, 0) is 9.47 Å². The summed E-state index contributed by atoms with van der Waals surface area (Å²) < 4.78 is 10.7. The standard InChI is InChI=1S/C10H20O.C5H10O.C2H6.FH/c1-8(2)9-5-6-11-10(3,4)7-9;1-2-4-6-5-3-1;1-2;/h8-9H,5-7H2,1-4H3;1-5H2;1-2H3;1H. The number of hydrogen-bond acceptors (Lipinski definition) is 2. The molecule has 0 aromatic carbocycles. The summed E-state index contributed by atoms with van der Waals surface area (Å²) in [7, 11) is 0. The van der Waals surface area contributed by atoms with Gasteiger partial charge in [0, 0.05) is 19.8 Å². The minimum absolute atomic E-state index is 0. The van der Waals surface area contributed by atoms with Gasteiger partial charge in [-0.05, 0) is 57.8 Å². The van der Waals surface area contributed by atoms with Crippen LogP contribution in [0.2, 0.25) is 0 Å². The van der Waals surface area contributed by atoms with Gasteiger partial charge in [0.25, 0.3) is 0 Å². The van der Waals surface area contributed by atoms with E-state index in [4.69, 9.17) is 9.47 Å². The van der Waals surface area contributed by atoms with Crippen LogP contribution in [0.3, 0.4) is 0 Å². The van der Waals surface area contributed by atoms with Crippen LogP contribution >= 0.6 is 0 Å². The first-order chi connectivity index (χ1) is 9.01. The van der Waals surface area contributed by atoms with Gasteiger partial charge in [-0.15, -0.1) is 0 Å². The van der Waals surface area contributed by atoms with Crippen molar-refractivity contribution in [2.75, 3.05) is 19.8 Å². The highest BCUT2D eigenvalue weighted by Crippen LogP contribution is 2.32. The number of hydrogen-bond donors (Lipinski definition) is 0. The van der Waals surface area contributed by atoms with Gasteiger partial charge >= 0.3 is 0 Å². The summed E-state index contributed by atoms with van der Waals surface area (Å²) >= 11 is 0. The molecule has 2 aliphatic heterocycles. The van der Waals surface area contributed by atoms with Gasteiger partial charge < -0.3 is 9.47 Å². The molecule has 20 heavy (non-hydrogen) atoms. The zero-order valence-electron chi connectivity index (χ0n) is 14.5. The Morgan fingerprint density at radius 1 is 0.950 bits per heavy atom. The lowest BCUT2D eigenvalue weighted by Crippen LogP contribution is -2.35. The first kappa shape index (κ1) is 22.1. The molecule has 3 heteroatoms. The van der Waals surface area contributed by atoms with Gasteiger partial charge in [0.2, 0.25) is 0 Å². The van der Waals surface area contributed by atoms with E-state index in [0.29, 0.717) is 0 Å². The Morgan fingerprint density at radius 2 is 1.50 bits per heavy atom. The summed E-state index contributed by atoms with van der Waals surface area (Å²) in [5, 5.41) is 0. The van der Waals surface area contributed by atoms with Gasteiger partial charge in [-0.2, -0.15) is 0 Å². The van der Waals surface area contributed by atoms with E-state index >= 15 is 0 Å². The molecule has 0 bridgehead atoms. The van der Waals surface area contributed by atoms with Crippen molar-refractivity contribution < 1.29 is 14.2 Å². The number of rotatable bonds is 1. The van der Waals surface area contributed by atoms with Crippen molar-refractivity contribution in [1.82, 2.24) is 0 Å². The summed E-state index contributed by atoms with van der Waals surface area (Å²) in [5.74, 6) is 1.69. The van der Waals surface area contributed by atoms with Crippen molar-refractivity contribution in [2.24, 2.45) is 11.8 Å². The van der Waals surface area contributed by atoms with Crippen molar-refractivity contribution in [3.05, 3.63) is 0 Å². The van der Waals surface area contributed by atoms with Crippen LogP contribution < -0.4 is 0 Å². The maximum atomic E-state index is 5.65. The monoisotopic (exact) mass is 292 g/mol. The molecule has 1 atom stereocenters. The second kappa shape index (κ2) is 12.6. The molecule has 0 amide bonds. The maximum absolute atomic E-state index is 5.65. The lowest BCUT2D eigenvalue weighted by Gasteiger charge is -2.37. The van der Waals surface area contributed by atoms with Crippen LogP contribution in [0.15, 0.2) is 0 Å². The smallest absolute Gasteiger partial charge is 0.0629 e. The largest absolute Gasteiger partial charge is 0.381 e. The molecule has 0 aromatic rings. The first-order valence-electron chi connectivity index (χ1n) is 8.23. The number of ether oxygens (including phenoxy) is 2. The summed E-state index contributed by atoms with van der Waals surface area (Å²) in [6, 6.07) is 0. The molecule has 2 aliphatic rings. The lowest BCUT2D eigenvalue weighted by atomic mass is 9.81. The van der Waals surface area contributed by atoms with E-state index in [-0.39, 0.29) is 10.3 Å². The van der Waals surface area contributed by atoms with Gasteiger partial charge in [-0.1, -0.05) is 27.7 Å². The second-order valence-corrected chi connectivity index (χ2v) is 6.28. The quantitative estimate of drug-likeness (QED) is 0.660. The predicted octanol–water partition coefficient (Wildman–Crippen LogP) is 5.21. The lowest BCUT2D eigenvalue weighted by molar-refractivity contribution is -0.0799. The Morgan fingerprint density at radius 3 is 1.75 bits per heavy atom. The SMILES string of the molecule is C1CCOCC1.CC.CC(C)C1CCOC(C)(C)C1.F. The van der Waals surface area contributed by atoms with E-state index in [0.717, 1.165) is 31.7 Å². The highest BCUT2D eigenvalue weighted by Gasteiger charge is 2.29. The Kier molecular flexibility index (Phi) is 13.9. The Hall–Kier alpha value is -0.150. The molecule has 0 saturated carbocycles. The Labute approximate surface area is 126 Å². The van der Waals surface area contributed by atoms with Crippen LogP contribution in [-0.4, -0.2) is 25.4 Å². The van der Waals surface area contributed by atoms with E-state index in [2.05, 4.69) is 27.7 Å². The fourth-order valence-electron chi connectivity index (χ4n) is 2.54. The minimum Gasteiger partial charge on any atom is -0.381 e. The minimum atomic E-state index is 0. The fraction of sp³-hybridized carbons (Fsp3) is 1.00. The van der Waals surface area contributed by atoms with Crippen LogP contribution in [0.4, 0.5) is 4.70 Å². The Bertz CT molecular complexity index is 190. The Balaban J connectivity index is 0. The van der Waals surface area contributed by atoms with E-state index in [1.54, 1.807) is 0 Å². The van der Waals surface area contributed by atoms with E-state index in [1.807, 2.05) is 13.8 Å². The van der Waals surface area contributed by atoms with E-state index in [9.17, 15) is 0 Å². The van der Waals surface area contributed by atoms with Gasteiger partial charge in [0.05, 0.1) is 5.60 Å². The molecule has 2 fully saturated rings. The summed E-state index contributed by atoms with van der Waals surface area (Å²) in [6.45, 7) is 16.0. The van der Waals surface area contributed by atoms with Crippen LogP contribution in [0.25, 0.3) is 0 Å². The van der Waals surface area contributed by atoms with Gasteiger partial charge in [0.1, 0.15) is 0 Å². The van der Waals surface area contributed by atoms with E-state index < -0.39 is 0 Å². The first-order valence-corrected chi connectivity index (χ1v) is 8.23. The van der Waals surface area contributed by atoms with Crippen molar-refractivity contribution in [3.63, 3.8) is 0 Å². The molecule has 124 valence electrons. The van der Waals surface area contributed by atoms with E-state index in [1.165, 1.54) is 32.1 Å². The zero-order chi connectivity index (χ0) is 14.7. The van der Waals surface area contributed by atoms with Gasteiger partial charge in [-0.25, -0.2) is 0 Å².